The van der Waals surface area contributed by atoms with Crippen molar-refractivity contribution in [3.05, 3.63) is 41.7 Å². The van der Waals surface area contributed by atoms with Crippen LogP contribution < -0.4 is 4.74 Å². The van der Waals surface area contributed by atoms with Crippen molar-refractivity contribution < 1.29 is 14.3 Å². The Morgan fingerprint density at radius 2 is 2.22 bits per heavy atom. The predicted molar refractivity (Wildman–Crippen MR) is 63.2 cm³/mol. The van der Waals surface area contributed by atoms with E-state index >= 15 is 0 Å². The summed E-state index contributed by atoms with van der Waals surface area (Å²) in [6.07, 6.45) is 6.98. The predicted octanol–water partition coefficient (Wildman–Crippen LogP) is 1.65. The van der Waals surface area contributed by atoms with Gasteiger partial charge >= 0.3 is 0 Å². The van der Waals surface area contributed by atoms with Gasteiger partial charge in [0, 0.05) is 24.4 Å². The van der Waals surface area contributed by atoms with E-state index in [1.165, 1.54) is 7.11 Å². The first-order valence-corrected chi connectivity index (χ1v) is 5.90. The maximum absolute atomic E-state index is 11.0. The summed E-state index contributed by atoms with van der Waals surface area (Å²) in [7, 11) is 1.52. The van der Waals surface area contributed by atoms with Gasteiger partial charge in [-0.25, -0.2) is 4.98 Å². The van der Waals surface area contributed by atoms with Crippen LogP contribution in [0.5, 0.6) is 5.88 Å². The number of hydrogen-bond donors (Lipinski definition) is 1. The second kappa shape index (κ2) is 4.10. The van der Waals surface area contributed by atoms with E-state index in [2.05, 4.69) is 9.97 Å². The second-order valence-electron chi connectivity index (χ2n) is 4.39. The number of hydrogen-bond acceptors (Lipinski definition) is 5. The number of ether oxygens (including phenoxy) is 1. The summed E-state index contributed by atoms with van der Waals surface area (Å²) in [6, 6.07) is 1.79. The van der Waals surface area contributed by atoms with Crippen molar-refractivity contribution >= 4 is 0 Å². The highest BCUT2D eigenvalue weighted by Gasteiger charge is 2.41. The number of aliphatic hydroxyl groups is 1. The summed E-state index contributed by atoms with van der Waals surface area (Å²) >= 11 is 0. The molecule has 1 atom stereocenters. The van der Waals surface area contributed by atoms with Crippen molar-refractivity contribution in [1.82, 2.24) is 9.97 Å². The zero-order chi connectivity index (χ0) is 12.6. The smallest absolute Gasteiger partial charge is 0.238 e. The van der Waals surface area contributed by atoms with Gasteiger partial charge < -0.3 is 14.3 Å². The van der Waals surface area contributed by atoms with Crippen LogP contribution in [0.25, 0.3) is 0 Å². The Morgan fingerprint density at radius 3 is 3.06 bits per heavy atom. The molecule has 0 radical (unpaired) electrons. The molecule has 0 saturated carbocycles. The summed E-state index contributed by atoms with van der Waals surface area (Å²) in [5.74, 6) is 1.17. The zero-order valence-electron chi connectivity index (χ0n) is 10.1. The van der Waals surface area contributed by atoms with Gasteiger partial charge in [-0.1, -0.05) is 0 Å². The Kier molecular flexibility index (Phi) is 2.56. The highest BCUT2D eigenvalue weighted by molar-refractivity contribution is 5.39. The van der Waals surface area contributed by atoms with Gasteiger partial charge in [-0.3, -0.25) is 4.98 Å². The Labute approximate surface area is 104 Å². The molecule has 1 aliphatic rings. The van der Waals surface area contributed by atoms with Crippen LogP contribution in [0.15, 0.2) is 29.1 Å². The lowest BCUT2D eigenvalue weighted by Crippen LogP contribution is -2.32. The van der Waals surface area contributed by atoms with E-state index in [0.717, 1.165) is 24.2 Å². The van der Waals surface area contributed by atoms with E-state index in [-0.39, 0.29) is 0 Å². The molecule has 0 aliphatic heterocycles. The van der Waals surface area contributed by atoms with Crippen LogP contribution in [0.3, 0.4) is 0 Å². The first kappa shape index (κ1) is 11.2. The number of methoxy groups -OCH3 is 1. The van der Waals surface area contributed by atoms with Crippen LogP contribution in [-0.4, -0.2) is 22.2 Å². The minimum Gasteiger partial charge on any atom is -0.480 e. The molecular weight excluding hydrogens is 232 g/mol. The van der Waals surface area contributed by atoms with Gasteiger partial charge in [0.25, 0.3) is 0 Å². The average molecular weight is 246 g/mol. The third-order valence-corrected chi connectivity index (χ3v) is 3.38. The summed E-state index contributed by atoms with van der Waals surface area (Å²) in [5, 5.41) is 11.0. The highest BCUT2D eigenvalue weighted by atomic mass is 16.5. The van der Waals surface area contributed by atoms with Gasteiger partial charge in [0.2, 0.25) is 5.88 Å². The fourth-order valence-corrected chi connectivity index (χ4v) is 2.55. The van der Waals surface area contributed by atoms with Crippen LogP contribution in [0.4, 0.5) is 0 Å². The van der Waals surface area contributed by atoms with Gasteiger partial charge in [0.15, 0.2) is 0 Å². The molecular formula is C13H14N2O3. The third kappa shape index (κ3) is 1.51. The summed E-state index contributed by atoms with van der Waals surface area (Å²) in [5.41, 5.74) is 0.0580. The minimum atomic E-state index is -1.17. The molecule has 2 aromatic heterocycles. The van der Waals surface area contributed by atoms with Gasteiger partial charge in [0.05, 0.1) is 13.4 Å². The topological polar surface area (TPSA) is 68.4 Å². The van der Waals surface area contributed by atoms with Crippen molar-refractivity contribution in [2.45, 2.75) is 24.9 Å². The molecule has 2 aromatic rings. The van der Waals surface area contributed by atoms with E-state index < -0.39 is 5.60 Å². The fraction of sp³-hybridized carbons (Fsp3) is 0.385. The van der Waals surface area contributed by atoms with Crippen LogP contribution >= 0.6 is 0 Å². The van der Waals surface area contributed by atoms with E-state index in [1.54, 1.807) is 24.7 Å². The monoisotopic (exact) mass is 246 g/mol. The summed E-state index contributed by atoms with van der Waals surface area (Å²) in [4.78, 5) is 8.34. The lowest BCUT2D eigenvalue weighted by Gasteiger charge is -2.31. The van der Waals surface area contributed by atoms with Crippen LogP contribution in [0, 0.1) is 0 Å². The van der Waals surface area contributed by atoms with E-state index in [4.69, 9.17) is 9.15 Å². The maximum Gasteiger partial charge on any atom is 0.238 e. The van der Waals surface area contributed by atoms with Gasteiger partial charge in [-0.2, -0.15) is 0 Å². The number of aromatic nitrogens is 2. The molecule has 1 aliphatic carbocycles. The molecule has 94 valence electrons. The molecule has 0 saturated heterocycles. The van der Waals surface area contributed by atoms with E-state index in [1.807, 2.05) is 0 Å². The lowest BCUT2D eigenvalue weighted by molar-refractivity contribution is 0.0511. The molecule has 2 heterocycles. The Balaban J connectivity index is 2.17. The van der Waals surface area contributed by atoms with Crippen LogP contribution in [-0.2, 0) is 12.0 Å². The van der Waals surface area contributed by atoms with Gasteiger partial charge in [-0.05, 0) is 18.9 Å². The van der Waals surface area contributed by atoms with Crippen molar-refractivity contribution in [2.75, 3.05) is 7.11 Å². The van der Waals surface area contributed by atoms with Crippen LogP contribution in [0.1, 0.15) is 29.9 Å². The number of fused-ring (bicyclic) bond motifs is 1. The molecule has 1 unspecified atom stereocenters. The highest BCUT2D eigenvalue weighted by Crippen LogP contribution is 2.42. The Bertz CT molecular complexity index is 567. The summed E-state index contributed by atoms with van der Waals surface area (Å²) in [6.45, 7) is 0. The van der Waals surface area contributed by atoms with E-state index in [9.17, 15) is 5.11 Å². The number of rotatable bonds is 2. The van der Waals surface area contributed by atoms with Crippen molar-refractivity contribution in [3.63, 3.8) is 0 Å². The molecule has 18 heavy (non-hydrogen) atoms. The molecule has 0 spiro atoms. The molecule has 3 rings (SSSR count). The number of aryl methyl sites for hydroxylation is 1. The molecule has 5 heteroatoms. The molecule has 5 nitrogen and oxygen atoms in total. The maximum atomic E-state index is 11.0. The van der Waals surface area contributed by atoms with Gasteiger partial charge in [-0.15, -0.1) is 0 Å². The normalized spacial score (nSPS) is 22.6. The molecule has 0 bridgehead atoms. The third-order valence-electron chi connectivity index (χ3n) is 3.38. The quantitative estimate of drug-likeness (QED) is 0.872. The van der Waals surface area contributed by atoms with Crippen molar-refractivity contribution in [1.29, 1.82) is 0 Å². The van der Waals surface area contributed by atoms with E-state index in [0.29, 0.717) is 18.0 Å². The molecule has 0 amide bonds. The Morgan fingerprint density at radius 1 is 1.39 bits per heavy atom. The molecule has 0 fully saturated rings. The zero-order valence-corrected chi connectivity index (χ0v) is 10.1. The first-order valence-electron chi connectivity index (χ1n) is 5.90. The average Bonchev–Trinajstić information content (AvgIpc) is 2.89. The summed E-state index contributed by atoms with van der Waals surface area (Å²) < 4.78 is 10.6. The Hall–Kier alpha value is -1.88. The molecule has 0 aromatic carbocycles. The second-order valence-corrected chi connectivity index (χ2v) is 4.39. The van der Waals surface area contributed by atoms with Gasteiger partial charge in [0.1, 0.15) is 17.1 Å². The molecule has 1 N–H and O–H groups in total. The fourth-order valence-electron chi connectivity index (χ4n) is 2.55. The largest absolute Gasteiger partial charge is 0.480 e. The van der Waals surface area contributed by atoms with Crippen molar-refractivity contribution in [3.8, 4) is 5.88 Å². The number of nitrogens with zero attached hydrogens (tertiary/aromatic N) is 2. The van der Waals surface area contributed by atoms with Crippen molar-refractivity contribution in [2.24, 2.45) is 0 Å². The minimum absolute atomic E-state index is 0.356. The van der Waals surface area contributed by atoms with Crippen LogP contribution in [0.2, 0.25) is 0 Å². The standard InChI is InChI=1S/C13H14N2O3/c1-17-12-11(14-6-7-15-12)13(16)5-2-3-10-9(13)4-8-18-10/h4,6-8,16H,2-3,5H2,1H3. The number of furan rings is 1. The first-order chi connectivity index (χ1) is 8.75. The SMILES string of the molecule is COc1nccnc1C1(O)CCCc2occc21. The lowest BCUT2D eigenvalue weighted by atomic mass is 9.80.